The minimum Gasteiger partial charge on any atom is -0.358 e. The van der Waals surface area contributed by atoms with Gasteiger partial charge in [0.15, 0.2) is 0 Å². The van der Waals surface area contributed by atoms with Gasteiger partial charge in [0, 0.05) is 23.7 Å². The van der Waals surface area contributed by atoms with Crippen LogP contribution in [0.1, 0.15) is 36.9 Å². The van der Waals surface area contributed by atoms with E-state index in [1.807, 2.05) is 0 Å². The number of hydrogen-bond acceptors (Lipinski definition) is 1. The van der Waals surface area contributed by atoms with E-state index in [1.54, 1.807) is 0 Å². The average molecular weight is 242 g/mol. The van der Waals surface area contributed by atoms with E-state index in [4.69, 9.17) is 0 Å². The van der Waals surface area contributed by atoms with Gasteiger partial charge in [0.25, 0.3) is 0 Å². The fourth-order valence-electron chi connectivity index (χ4n) is 3.24. The minimum absolute atomic E-state index is 0.649. The lowest BCUT2D eigenvalue weighted by Gasteiger charge is -2.30. The normalized spacial score (nSPS) is 24.6. The van der Waals surface area contributed by atoms with Crippen LogP contribution in [0.25, 0.3) is 10.9 Å². The fraction of sp³-hybridized carbons (Fsp3) is 0.500. The molecule has 2 atom stereocenters. The van der Waals surface area contributed by atoms with E-state index in [9.17, 15) is 0 Å². The molecule has 1 aliphatic heterocycles. The lowest BCUT2D eigenvalue weighted by molar-refractivity contribution is 0.312. The summed E-state index contributed by atoms with van der Waals surface area (Å²) in [4.78, 5) is 3.62. The molecule has 96 valence electrons. The largest absolute Gasteiger partial charge is 0.358 e. The van der Waals surface area contributed by atoms with Gasteiger partial charge in [-0.2, -0.15) is 0 Å². The van der Waals surface area contributed by atoms with Gasteiger partial charge in [0.05, 0.1) is 0 Å². The second kappa shape index (κ2) is 4.77. The molecule has 0 radical (unpaired) electrons. The van der Waals surface area contributed by atoms with E-state index in [0.717, 1.165) is 12.5 Å². The first-order chi connectivity index (χ1) is 8.78. The Morgan fingerprint density at radius 1 is 1.28 bits per heavy atom. The third-order valence-corrected chi connectivity index (χ3v) is 4.35. The van der Waals surface area contributed by atoms with Crippen LogP contribution in [0.3, 0.4) is 0 Å². The SMILES string of the molecule is CCC1CCNCC1c1cc2cc(C)ccc2[nH]1. The Balaban J connectivity index is 1.97. The maximum atomic E-state index is 3.62. The number of nitrogens with one attached hydrogen (secondary N) is 2. The standard InChI is InChI=1S/C16H22N2/c1-3-12-6-7-17-10-14(12)16-9-13-8-11(2)4-5-15(13)18-16/h4-5,8-9,12,14,17-18H,3,6-7,10H2,1-2H3. The fourth-order valence-corrected chi connectivity index (χ4v) is 3.24. The molecule has 0 aliphatic carbocycles. The molecule has 18 heavy (non-hydrogen) atoms. The number of aromatic nitrogens is 1. The molecule has 1 aromatic heterocycles. The Labute approximate surface area is 109 Å². The first-order valence-corrected chi connectivity index (χ1v) is 7.08. The van der Waals surface area contributed by atoms with Crippen molar-refractivity contribution in [2.75, 3.05) is 13.1 Å². The summed E-state index contributed by atoms with van der Waals surface area (Å²) in [6.45, 7) is 6.76. The van der Waals surface area contributed by atoms with E-state index < -0.39 is 0 Å². The second-order valence-corrected chi connectivity index (χ2v) is 5.58. The molecule has 2 heterocycles. The van der Waals surface area contributed by atoms with Crippen molar-refractivity contribution in [2.45, 2.75) is 32.6 Å². The monoisotopic (exact) mass is 242 g/mol. The Hall–Kier alpha value is -1.28. The zero-order valence-electron chi connectivity index (χ0n) is 11.3. The van der Waals surface area contributed by atoms with Crippen LogP contribution in [0.15, 0.2) is 24.3 Å². The topological polar surface area (TPSA) is 27.8 Å². The summed E-state index contributed by atoms with van der Waals surface area (Å²) in [5, 5.41) is 4.89. The molecular weight excluding hydrogens is 220 g/mol. The molecule has 1 saturated heterocycles. The van der Waals surface area contributed by atoms with Crippen LogP contribution >= 0.6 is 0 Å². The van der Waals surface area contributed by atoms with E-state index in [1.165, 1.54) is 41.5 Å². The summed E-state index contributed by atoms with van der Waals surface area (Å²) in [5.41, 5.74) is 4.02. The molecule has 2 nitrogen and oxygen atoms in total. The van der Waals surface area contributed by atoms with E-state index >= 15 is 0 Å². The van der Waals surface area contributed by atoms with E-state index in [0.29, 0.717) is 5.92 Å². The molecule has 0 saturated carbocycles. The molecule has 2 heteroatoms. The number of H-pyrrole nitrogens is 1. The Bertz CT molecular complexity index is 541. The molecular formula is C16H22N2. The van der Waals surface area contributed by atoms with Gasteiger partial charge in [-0.25, -0.2) is 0 Å². The third-order valence-electron chi connectivity index (χ3n) is 4.35. The van der Waals surface area contributed by atoms with E-state index in [-0.39, 0.29) is 0 Å². The Kier molecular flexibility index (Phi) is 3.13. The zero-order chi connectivity index (χ0) is 12.5. The van der Waals surface area contributed by atoms with Gasteiger partial charge in [0.2, 0.25) is 0 Å². The number of rotatable bonds is 2. The van der Waals surface area contributed by atoms with Crippen LogP contribution in [-0.4, -0.2) is 18.1 Å². The number of aromatic amines is 1. The zero-order valence-corrected chi connectivity index (χ0v) is 11.3. The highest BCUT2D eigenvalue weighted by molar-refractivity contribution is 5.81. The molecule has 2 aromatic rings. The summed E-state index contributed by atoms with van der Waals surface area (Å²) in [7, 11) is 0. The quantitative estimate of drug-likeness (QED) is 0.827. The predicted molar refractivity (Wildman–Crippen MR) is 77.0 cm³/mol. The van der Waals surface area contributed by atoms with Crippen LogP contribution in [0, 0.1) is 12.8 Å². The van der Waals surface area contributed by atoms with Gasteiger partial charge in [-0.15, -0.1) is 0 Å². The van der Waals surface area contributed by atoms with Gasteiger partial charge >= 0.3 is 0 Å². The van der Waals surface area contributed by atoms with Gasteiger partial charge in [-0.1, -0.05) is 25.0 Å². The van der Waals surface area contributed by atoms with Crippen molar-refractivity contribution in [1.29, 1.82) is 0 Å². The van der Waals surface area contributed by atoms with Crippen LogP contribution in [0.5, 0.6) is 0 Å². The lowest BCUT2D eigenvalue weighted by atomic mass is 9.82. The van der Waals surface area contributed by atoms with Gasteiger partial charge < -0.3 is 10.3 Å². The molecule has 1 fully saturated rings. The summed E-state index contributed by atoms with van der Waals surface area (Å²) < 4.78 is 0. The van der Waals surface area contributed by atoms with Crippen molar-refractivity contribution in [3.8, 4) is 0 Å². The molecule has 0 spiro atoms. The van der Waals surface area contributed by atoms with Crippen molar-refractivity contribution in [2.24, 2.45) is 5.92 Å². The van der Waals surface area contributed by atoms with Crippen LogP contribution < -0.4 is 5.32 Å². The molecule has 1 aromatic carbocycles. The highest BCUT2D eigenvalue weighted by Crippen LogP contribution is 2.32. The van der Waals surface area contributed by atoms with Crippen LogP contribution in [0.4, 0.5) is 0 Å². The second-order valence-electron chi connectivity index (χ2n) is 5.58. The number of fused-ring (bicyclic) bond motifs is 1. The third kappa shape index (κ3) is 2.05. The minimum atomic E-state index is 0.649. The first-order valence-electron chi connectivity index (χ1n) is 7.08. The summed E-state index contributed by atoms with van der Waals surface area (Å²) in [6, 6.07) is 9.00. The van der Waals surface area contributed by atoms with Crippen LogP contribution in [0.2, 0.25) is 0 Å². The molecule has 0 amide bonds. The van der Waals surface area contributed by atoms with E-state index in [2.05, 4.69) is 48.4 Å². The number of benzene rings is 1. The summed E-state index contributed by atoms with van der Waals surface area (Å²) in [6.07, 6.45) is 2.58. The predicted octanol–water partition coefficient (Wildman–Crippen LogP) is 3.58. The molecule has 1 aliphatic rings. The van der Waals surface area contributed by atoms with Gasteiger partial charge in [-0.05, 0) is 49.4 Å². The number of hydrogen-bond donors (Lipinski definition) is 2. The Morgan fingerprint density at radius 3 is 3.00 bits per heavy atom. The summed E-state index contributed by atoms with van der Waals surface area (Å²) >= 11 is 0. The maximum absolute atomic E-state index is 3.62. The van der Waals surface area contributed by atoms with Crippen molar-refractivity contribution in [3.63, 3.8) is 0 Å². The molecule has 0 bridgehead atoms. The maximum Gasteiger partial charge on any atom is 0.0456 e. The molecule has 2 unspecified atom stereocenters. The smallest absolute Gasteiger partial charge is 0.0456 e. The highest BCUT2D eigenvalue weighted by Gasteiger charge is 2.26. The number of piperidine rings is 1. The highest BCUT2D eigenvalue weighted by atomic mass is 14.9. The van der Waals surface area contributed by atoms with Crippen molar-refractivity contribution < 1.29 is 0 Å². The van der Waals surface area contributed by atoms with Gasteiger partial charge in [-0.3, -0.25) is 0 Å². The molecule has 3 rings (SSSR count). The van der Waals surface area contributed by atoms with Crippen molar-refractivity contribution >= 4 is 10.9 Å². The molecule has 2 N–H and O–H groups in total. The van der Waals surface area contributed by atoms with Crippen molar-refractivity contribution in [1.82, 2.24) is 10.3 Å². The Morgan fingerprint density at radius 2 is 2.17 bits per heavy atom. The van der Waals surface area contributed by atoms with Gasteiger partial charge in [0.1, 0.15) is 0 Å². The lowest BCUT2D eigenvalue weighted by Crippen LogP contribution is -2.35. The summed E-state index contributed by atoms with van der Waals surface area (Å²) in [5.74, 6) is 1.47. The average Bonchev–Trinajstić information content (AvgIpc) is 2.81. The van der Waals surface area contributed by atoms with Crippen molar-refractivity contribution in [3.05, 3.63) is 35.5 Å². The van der Waals surface area contributed by atoms with Crippen LogP contribution in [-0.2, 0) is 0 Å². The first kappa shape index (κ1) is 11.8. The number of aryl methyl sites for hydroxylation is 1.